The molecule has 0 bridgehead atoms. The molecule has 4 rings (SSSR count). The molecule has 0 spiro atoms. The van der Waals surface area contributed by atoms with E-state index in [0.29, 0.717) is 19.4 Å². The predicted molar refractivity (Wildman–Crippen MR) is 198 cm³/mol. The first-order valence-electron chi connectivity index (χ1n) is 18.6. The zero-order chi connectivity index (χ0) is 37.9. The smallest absolute Gasteiger partial charge is 0.246 e. The highest BCUT2D eigenvalue weighted by atomic mass is 16.2. The lowest BCUT2D eigenvalue weighted by Gasteiger charge is -2.32. The summed E-state index contributed by atoms with van der Waals surface area (Å²) < 4.78 is 0. The van der Waals surface area contributed by atoms with Gasteiger partial charge in [0.15, 0.2) is 0 Å². The van der Waals surface area contributed by atoms with Gasteiger partial charge in [-0.1, -0.05) is 102 Å². The second-order valence-corrected chi connectivity index (χ2v) is 15.3. The average molecular weight is 717 g/mol. The molecule has 0 saturated carbocycles. The Labute approximate surface area is 307 Å². The minimum Gasteiger partial charge on any atom is -0.343 e. The summed E-state index contributed by atoms with van der Waals surface area (Å²) >= 11 is 0. The van der Waals surface area contributed by atoms with Gasteiger partial charge in [-0.05, 0) is 54.6 Å². The maximum atomic E-state index is 14.4. The summed E-state index contributed by atoms with van der Waals surface area (Å²) in [6, 6.07) is 12.5. The van der Waals surface area contributed by atoms with E-state index >= 15 is 0 Å². The molecule has 2 aliphatic heterocycles. The van der Waals surface area contributed by atoms with E-state index in [4.69, 9.17) is 0 Å². The number of hydrogen-bond donors (Lipinski definition) is 5. The molecule has 2 aliphatic rings. The van der Waals surface area contributed by atoms with E-state index in [2.05, 4.69) is 26.6 Å². The first-order valence-corrected chi connectivity index (χ1v) is 18.6. The zero-order valence-electron chi connectivity index (χ0n) is 31.3. The van der Waals surface area contributed by atoms with Crippen LogP contribution in [0.25, 0.3) is 0 Å². The van der Waals surface area contributed by atoms with Gasteiger partial charge in [0.05, 0.1) is 0 Å². The number of amides is 6. The van der Waals surface area contributed by atoms with Gasteiger partial charge in [0, 0.05) is 19.4 Å². The maximum Gasteiger partial charge on any atom is 0.246 e. The quantitative estimate of drug-likeness (QED) is 0.268. The van der Waals surface area contributed by atoms with Gasteiger partial charge < -0.3 is 31.5 Å². The summed E-state index contributed by atoms with van der Waals surface area (Å²) in [5, 5.41) is 14.4. The Bertz CT molecular complexity index is 1550. The molecule has 0 unspecified atom stereocenters. The van der Waals surface area contributed by atoms with Gasteiger partial charge in [-0.2, -0.15) is 0 Å². The fourth-order valence-electron chi connectivity index (χ4n) is 6.88. The van der Waals surface area contributed by atoms with Crippen LogP contribution in [0.4, 0.5) is 0 Å². The van der Waals surface area contributed by atoms with Crippen LogP contribution in [0.3, 0.4) is 0 Å². The van der Waals surface area contributed by atoms with Crippen molar-refractivity contribution in [3.05, 3.63) is 71.8 Å². The van der Waals surface area contributed by atoms with Crippen LogP contribution in [0.1, 0.15) is 78.4 Å². The average Bonchev–Trinajstić information content (AvgIpc) is 3.59. The first kappa shape index (κ1) is 40.0. The highest BCUT2D eigenvalue weighted by molar-refractivity contribution is 5.98. The van der Waals surface area contributed by atoms with E-state index in [1.807, 2.05) is 88.4 Å². The molecule has 2 aromatic rings. The molecule has 0 aliphatic carbocycles. The maximum absolute atomic E-state index is 14.4. The van der Waals surface area contributed by atoms with Crippen molar-refractivity contribution >= 4 is 35.4 Å². The number of benzene rings is 2. The second-order valence-electron chi connectivity index (χ2n) is 15.3. The van der Waals surface area contributed by atoms with Crippen molar-refractivity contribution in [3.63, 3.8) is 0 Å². The van der Waals surface area contributed by atoms with Crippen LogP contribution in [0, 0.1) is 17.8 Å². The van der Waals surface area contributed by atoms with Gasteiger partial charge in [0.25, 0.3) is 0 Å². The lowest BCUT2D eigenvalue weighted by Crippen LogP contribution is -2.62. The Morgan fingerprint density at radius 3 is 1.52 bits per heavy atom. The third-order valence-corrected chi connectivity index (χ3v) is 9.58. The molecule has 6 atom stereocenters. The first-order chi connectivity index (χ1) is 24.7. The minimum absolute atomic E-state index is 0.00316. The van der Waals surface area contributed by atoms with Crippen molar-refractivity contribution in [1.82, 2.24) is 31.5 Å². The van der Waals surface area contributed by atoms with E-state index < -0.39 is 71.7 Å². The summed E-state index contributed by atoms with van der Waals surface area (Å²) in [7, 11) is 0. The summed E-state index contributed by atoms with van der Waals surface area (Å²) in [5.74, 6) is -3.42. The van der Waals surface area contributed by atoms with Crippen LogP contribution in [0.2, 0.25) is 0 Å². The number of nitrogens with one attached hydrogen (secondary N) is 5. The van der Waals surface area contributed by atoms with Crippen LogP contribution in [0.5, 0.6) is 0 Å². The van der Waals surface area contributed by atoms with Crippen LogP contribution in [-0.4, -0.2) is 83.1 Å². The largest absolute Gasteiger partial charge is 0.343 e. The normalized spacial score (nSPS) is 25.5. The van der Waals surface area contributed by atoms with E-state index in [-0.39, 0.29) is 43.4 Å². The number of nitrogens with zero attached hydrogens (tertiary/aromatic N) is 1. The van der Waals surface area contributed by atoms with Crippen molar-refractivity contribution in [3.8, 4) is 0 Å². The Balaban J connectivity index is 1.77. The summed E-state index contributed by atoms with van der Waals surface area (Å²) in [6.45, 7) is 11.6. The van der Waals surface area contributed by atoms with Crippen molar-refractivity contribution < 1.29 is 28.8 Å². The summed E-state index contributed by atoms with van der Waals surface area (Å²) in [4.78, 5) is 85.8. The van der Waals surface area contributed by atoms with Gasteiger partial charge in [0.2, 0.25) is 35.4 Å². The molecule has 0 aromatic heterocycles. The molecule has 5 N–H and O–H groups in total. The molecule has 2 heterocycles. The van der Waals surface area contributed by atoms with Crippen LogP contribution >= 0.6 is 0 Å². The fourth-order valence-corrected chi connectivity index (χ4v) is 6.88. The molecule has 52 heavy (non-hydrogen) atoms. The third-order valence-electron chi connectivity index (χ3n) is 9.58. The zero-order valence-corrected chi connectivity index (χ0v) is 31.3. The predicted octanol–water partition coefficient (Wildman–Crippen LogP) is 2.65. The van der Waals surface area contributed by atoms with Gasteiger partial charge in [-0.3, -0.25) is 28.8 Å². The number of hydrogen-bond acceptors (Lipinski definition) is 6. The molecule has 0 radical (unpaired) electrons. The topological polar surface area (TPSA) is 166 Å². The van der Waals surface area contributed by atoms with Gasteiger partial charge >= 0.3 is 0 Å². The molecule has 12 heteroatoms. The Kier molecular flexibility index (Phi) is 14.4. The molecule has 6 amide bonds. The Hall–Kier alpha value is -4.74. The van der Waals surface area contributed by atoms with Crippen LogP contribution in [-0.2, 0) is 41.6 Å². The van der Waals surface area contributed by atoms with Crippen LogP contribution in [0.15, 0.2) is 60.7 Å². The van der Waals surface area contributed by atoms with Gasteiger partial charge in [0.1, 0.15) is 36.3 Å². The lowest BCUT2D eigenvalue weighted by atomic mass is 9.97. The Morgan fingerprint density at radius 2 is 1.00 bits per heavy atom. The Morgan fingerprint density at radius 1 is 0.558 bits per heavy atom. The molecule has 12 nitrogen and oxygen atoms in total. The van der Waals surface area contributed by atoms with E-state index in [1.54, 1.807) is 13.8 Å². The van der Waals surface area contributed by atoms with Crippen molar-refractivity contribution in [1.29, 1.82) is 0 Å². The third kappa shape index (κ3) is 11.1. The SMILES string of the molecule is CC(C)C[C@@H]1NC(=O)[C@H](C(C)C)NC(=O)[C@@H](CC(C)C)NC(=O)[C@H](Cc2ccccc2)NC(=O)[C@H]2CCCN2C(=O)[C@@H](Cc2ccccc2)NC1=O. The fraction of sp³-hybridized carbons (Fsp3) is 0.550. The molecule has 282 valence electrons. The standard InChI is InChI=1S/C40H56N6O6/c1-24(2)20-29-35(47)44-32(23-28-16-11-8-12-17-28)40(52)46-19-13-18-33(46)38(50)42-31(22-27-14-9-7-10-15-27)36(48)41-30(21-25(3)4)37(49)45-34(26(5)6)39(51)43-29/h7-12,14-17,24-26,29-34H,13,18-23H2,1-6H3,(H,41,48)(H,42,50)(H,43,51)(H,44,47)(H,45,49)/t29-,30+,31-,32+,33+,34-/m0/s1. The van der Waals surface area contributed by atoms with E-state index in [9.17, 15) is 28.8 Å². The number of carbonyl (C=O) groups excluding carboxylic acids is 6. The van der Waals surface area contributed by atoms with Gasteiger partial charge in [-0.15, -0.1) is 0 Å². The molecule has 2 fully saturated rings. The lowest BCUT2D eigenvalue weighted by molar-refractivity contribution is -0.143. The van der Waals surface area contributed by atoms with Crippen molar-refractivity contribution in [2.24, 2.45) is 17.8 Å². The van der Waals surface area contributed by atoms with E-state index in [0.717, 1.165) is 11.1 Å². The monoisotopic (exact) mass is 716 g/mol. The summed E-state index contributed by atoms with van der Waals surface area (Å²) in [6.07, 6.45) is 1.82. The molecular weight excluding hydrogens is 660 g/mol. The van der Waals surface area contributed by atoms with Crippen molar-refractivity contribution in [2.75, 3.05) is 6.54 Å². The minimum atomic E-state index is -1.06. The highest BCUT2D eigenvalue weighted by Gasteiger charge is 2.41. The highest BCUT2D eigenvalue weighted by Crippen LogP contribution is 2.21. The second kappa shape index (κ2) is 18.7. The van der Waals surface area contributed by atoms with Gasteiger partial charge in [-0.25, -0.2) is 0 Å². The number of rotatable bonds is 9. The molecule has 2 saturated heterocycles. The molecule has 2 aromatic carbocycles. The number of fused-ring (bicyclic) bond motifs is 1. The summed E-state index contributed by atoms with van der Waals surface area (Å²) in [5.41, 5.74) is 1.61. The van der Waals surface area contributed by atoms with Crippen molar-refractivity contribution in [2.45, 2.75) is 116 Å². The van der Waals surface area contributed by atoms with E-state index in [1.165, 1.54) is 4.90 Å². The molecular formula is C40H56N6O6. The number of carbonyl (C=O) groups is 6. The van der Waals surface area contributed by atoms with Crippen LogP contribution < -0.4 is 26.6 Å².